The minimum atomic E-state index is 0.101. The molecule has 0 aliphatic rings. The predicted molar refractivity (Wildman–Crippen MR) is 74.5 cm³/mol. The van der Waals surface area contributed by atoms with Gasteiger partial charge in [-0.2, -0.15) is 5.10 Å². The number of nitrogens with zero attached hydrogens (tertiary/aromatic N) is 2. The molecule has 0 aromatic carbocycles. The van der Waals surface area contributed by atoms with Gasteiger partial charge in [0.15, 0.2) is 0 Å². The number of aromatic nitrogens is 2. The van der Waals surface area contributed by atoms with E-state index >= 15 is 0 Å². The topological polar surface area (TPSA) is 43.0 Å². The molecule has 1 N–H and O–H groups in total. The highest BCUT2D eigenvalue weighted by Crippen LogP contribution is 2.29. The zero-order chi connectivity index (χ0) is 13.1. The first-order chi connectivity index (χ1) is 8.63. The molecule has 2 heterocycles. The molecule has 0 aliphatic heterocycles. The fourth-order valence-electron chi connectivity index (χ4n) is 2.02. The Morgan fingerprint density at radius 3 is 2.83 bits per heavy atom. The van der Waals surface area contributed by atoms with Gasteiger partial charge in [-0.05, 0) is 41.9 Å². The molecule has 0 bridgehead atoms. The van der Waals surface area contributed by atoms with Crippen LogP contribution < -0.4 is 5.32 Å². The summed E-state index contributed by atoms with van der Waals surface area (Å²) >= 11 is 3.56. The van der Waals surface area contributed by atoms with Gasteiger partial charge in [-0.3, -0.25) is 4.68 Å². The zero-order valence-corrected chi connectivity index (χ0v) is 12.5. The number of halogens is 1. The molecule has 0 fully saturated rings. The van der Waals surface area contributed by atoms with Gasteiger partial charge in [0, 0.05) is 12.6 Å². The Hall–Kier alpha value is -1.07. The molecule has 1 atom stereocenters. The van der Waals surface area contributed by atoms with Crippen molar-refractivity contribution in [3.8, 4) is 0 Å². The van der Waals surface area contributed by atoms with E-state index in [-0.39, 0.29) is 6.04 Å². The van der Waals surface area contributed by atoms with Crippen molar-refractivity contribution in [1.82, 2.24) is 15.1 Å². The third-order valence-corrected chi connectivity index (χ3v) is 3.50. The molecule has 0 amide bonds. The fourth-order valence-corrected chi connectivity index (χ4v) is 2.60. The van der Waals surface area contributed by atoms with Crippen molar-refractivity contribution in [2.45, 2.75) is 26.3 Å². The Morgan fingerprint density at radius 1 is 1.56 bits per heavy atom. The molecule has 0 saturated heterocycles. The number of hydrogen-bond acceptors (Lipinski definition) is 3. The van der Waals surface area contributed by atoms with E-state index in [0.29, 0.717) is 0 Å². The van der Waals surface area contributed by atoms with E-state index in [1.165, 1.54) is 0 Å². The molecule has 0 saturated carbocycles. The van der Waals surface area contributed by atoms with Gasteiger partial charge in [-0.15, -0.1) is 0 Å². The van der Waals surface area contributed by atoms with E-state index in [1.54, 1.807) is 0 Å². The highest BCUT2D eigenvalue weighted by atomic mass is 79.9. The summed E-state index contributed by atoms with van der Waals surface area (Å²) in [5, 5.41) is 7.81. The molecule has 2 rings (SSSR count). The van der Waals surface area contributed by atoms with Crippen LogP contribution in [0.1, 0.15) is 36.4 Å². The normalized spacial score (nSPS) is 12.9. The SMILES string of the molecule is CCCNC(c1coc(C)c1)c1c(Br)cnn1C. The lowest BCUT2D eigenvalue weighted by Crippen LogP contribution is -2.25. The van der Waals surface area contributed by atoms with Crippen molar-refractivity contribution < 1.29 is 4.42 Å². The van der Waals surface area contributed by atoms with E-state index in [1.807, 2.05) is 31.1 Å². The number of aryl methyl sites for hydroxylation is 2. The third-order valence-electron chi connectivity index (χ3n) is 2.89. The quantitative estimate of drug-likeness (QED) is 0.922. The molecule has 2 aromatic rings. The largest absolute Gasteiger partial charge is 0.469 e. The van der Waals surface area contributed by atoms with Crippen LogP contribution in [0.5, 0.6) is 0 Å². The number of rotatable bonds is 5. The van der Waals surface area contributed by atoms with Gasteiger partial charge in [-0.1, -0.05) is 6.92 Å². The van der Waals surface area contributed by atoms with Crippen LogP contribution in [-0.2, 0) is 7.05 Å². The third kappa shape index (κ3) is 2.67. The van der Waals surface area contributed by atoms with E-state index in [2.05, 4.69) is 39.3 Å². The molecule has 98 valence electrons. The van der Waals surface area contributed by atoms with Crippen molar-refractivity contribution in [3.63, 3.8) is 0 Å². The van der Waals surface area contributed by atoms with Gasteiger partial charge < -0.3 is 9.73 Å². The fraction of sp³-hybridized carbons (Fsp3) is 0.462. The smallest absolute Gasteiger partial charge is 0.101 e. The number of nitrogens with one attached hydrogen (secondary N) is 1. The molecule has 0 spiro atoms. The minimum Gasteiger partial charge on any atom is -0.469 e. The number of hydrogen-bond donors (Lipinski definition) is 1. The summed E-state index contributed by atoms with van der Waals surface area (Å²) in [7, 11) is 1.95. The summed E-state index contributed by atoms with van der Waals surface area (Å²) in [5.41, 5.74) is 2.24. The van der Waals surface area contributed by atoms with Crippen LogP contribution >= 0.6 is 15.9 Å². The monoisotopic (exact) mass is 311 g/mol. The zero-order valence-electron chi connectivity index (χ0n) is 10.9. The van der Waals surface area contributed by atoms with Crippen molar-refractivity contribution >= 4 is 15.9 Å². The lowest BCUT2D eigenvalue weighted by molar-refractivity contribution is 0.515. The van der Waals surface area contributed by atoms with E-state index in [4.69, 9.17) is 4.42 Å². The van der Waals surface area contributed by atoms with Gasteiger partial charge >= 0.3 is 0 Å². The van der Waals surface area contributed by atoms with Gasteiger partial charge in [0.25, 0.3) is 0 Å². The molecule has 2 aromatic heterocycles. The van der Waals surface area contributed by atoms with Crippen LogP contribution in [0.25, 0.3) is 0 Å². The molecule has 0 aliphatic carbocycles. The van der Waals surface area contributed by atoms with Crippen LogP contribution in [0.4, 0.5) is 0 Å². The summed E-state index contributed by atoms with van der Waals surface area (Å²) in [6.45, 7) is 5.06. The van der Waals surface area contributed by atoms with E-state index < -0.39 is 0 Å². The lowest BCUT2D eigenvalue weighted by atomic mass is 10.1. The van der Waals surface area contributed by atoms with Gasteiger partial charge in [0.05, 0.1) is 28.7 Å². The maximum absolute atomic E-state index is 5.42. The van der Waals surface area contributed by atoms with Gasteiger partial charge in [0.1, 0.15) is 5.76 Å². The second-order valence-corrected chi connectivity index (χ2v) is 5.23. The first-order valence-electron chi connectivity index (χ1n) is 6.09. The van der Waals surface area contributed by atoms with Crippen LogP contribution in [0.2, 0.25) is 0 Å². The maximum Gasteiger partial charge on any atom is 0.101 e. The van der Waals surface area contributed by atoms with Crippen molar-refractivity contribution in [3.05, 3.63) is 40.0 Å². The van der Waals surface area contributed by atoms with Crippen LogP contribution in [0.15, 0.2) is 27.4 Å². The Labute approximate surface area is 115 Å². The van der Waals surface area contributed by atoms with E-state index in [9.17, 15) is 0 Å². The first-order valence-corrected chi connectivity index (χ1v) is 6.88. The molecular weight excluding hydrogens is 294 g/mol. The second kappa shape index (κ2) is 5.71. The molecule has 4 nitrogen and oxygen atoms in total. The molecule has 5 heteroatoms. The summed E-state index contributed by atoms with van der Waals surface area (Å²) in [6.07, 6.45) is 4.72. The standard InChI is InChI=1S/C13H18BrN3O/c1-4-5-15-12(10-6-9(2)18-8-10)13-11(14)7-16-17(13)3/h6-8,12,15H,4-5H2,1-3H3. The summed E-state index contributed by atoms with van der Waals surface area (Å²) in [5.74, 6) is 0.923. The van der Waals surface area contributed by atoms with Crippen molar-refractivity contribution in [2.75, 3.05) is 6.54 Å². The number of furan rings is 1. The Balaban J connectivity index is 2.36. The van der Waals surface area contributed by atoms with Crippen molar-refractivity contribution in [1.29, 1.82) is 0 Å². The van der Waals surface area contributed by atoms with Crippen LogP contribution in [0, 0.1) is 6.92 Å². The Bertz CT molecular complexity index is 499. The van der Waals surface area contributed by atoms with Crippen LogP contribution in [0.3, 0.4) is 0 Å². The van der Waals surface area contributed by atoms with E-state index in [0.717, 1.165) is 34.5 Å². The van der Waals surface area contributed by atoms with Crippen LogP contribution in [-0.4, -0.2) is 16.3 Å². The minimum absolute atomic E-state index is 0.101. The van der Waals surface area contributed by atoms with Gasteiger partial charge in [0.2, 0.25) is 0 Å². The van der Waals surface area contributed by atoms with Gasteiger partial charge in [-0.25, -0.2) is 0 Å². The summed E-state index contributed by atoms with van der Waals surface area (Å²) < 4.78 is 8.32. The molecule has 1 unspecified atom stereocenters. The highest BCUT2D eigenvalue weighted by Gasteiger charge is 2.21. The summed E-state index contributed by atoms with van der Waals surface area (Å²) in [6, 6.07) is 2.16. The predicted octanol–water partition coefficient (Wildman–Crippen LogP) is 3.17. The van der Waals surface area contributed by atoms with Crippen molar-refractivity contribution in [2.24, 2.45) is 7.05 Å². The average Bonchev–Trinajstić information content (AvgIpc) is 2.90. The first kappa shape index (κ1) is 13.4. The highest BCUT2D eigenvalue weighted by molar-refractivity contribution is 9.10. The molecular formula is C13H18BrN3O. The molecule has 0 radical (unpaired) electrons. The lowest BCUT2D eigenvalue weighted by Gasteiger charge is -2.18. The summed E-state index contributed by atoms with van der Waals surface area (Å²) in [4.78, 5) is 0. The average molecular weight is 312 g/mol. The Kier molecular flexibility index (Phi) is 4.24. The Morgan fingerprint density at radius 2 is 2.33 bits per heavy atom. The maximum atomic E-state index is 5.42. The molecule has 18 heavy (non-hydrogen) atoms. The second-order valence-electron chi connectivity index (χ2n) is 4.38.